The van der Waals surface area contributed by atoms with E-state index in [9.17, 15) is 10.1 Å². The summed E-state index contributed by atoms with van der Waals surface area (Å²) < 4.78 is 11.9. The molecule has 0 spiro atoms. The molecule has 6 heterocycles. The molecule has 1 amide bonds. The molecule has 4 aliphatic rings. The standard InChI is InChI=1S/C28H33N7O3/c1-3-25(36)34-8-5-20(6-9-34)35-16-19(17-35)21-14-22-27(23(15-29)31-21)38-18(2)26-24(4-7-30-28(26)32-22)33-10-12-37-13-11-33/h3-4,7,14,18-20H,1,5-6,8-13,16-17H2,2H3,(H,30,32)/t18-/m0/s1. The second-order valence-corrected chi connectivity index (χ2v) is 10.4. The van der Waals surface area contributed by atoms with Gasteiger partial charge in [-0.05, 0) is 38.0 Å². The molecule has 0 bridgehead atoms. The van der Waals surface area contributed by atoms with Gasteiger partial charge in [-0.1, -0.05) is 6.58 Å². The molecule has 38 heavy (non-hydrogen) atoms. The van der Waals surface area contributed by atoms with Crippen molar-refractivity contribution in [2.75, 3.05) is 62.7 Å². The zero-order valence-corrected chi connectivity index (χ0v) is 21.7. The number of hydrogen-bond acceptors (Lipinski definition) is 9. The summed E-state index contributed by atoms with van der Waals surface area (Å²) >= 11 is 0. The summed E-state index contributed by atoms with van der Waals surface area (Å²) in [5.74, 6) is 1.48. The van der Waals surface area contributed by atoms with Crippen LogP contribution in [0.4, 0.5) is 17.2 Å². The van der Waals surface area contributed by atoms with E-state index in [1.807, 2.05) is 30.2 Å². The number of pyridine rings is 2. The molecule has 3 saturated heterocycles. The molecule has 1 N–H and O–H groups in total. The molecule has 0 saturated carbocycles. The summed E-state index contributed by atoms with van der Waals surface area (Å²) in [6.45, 7) is 11.9. The van der Waals surface area contributed by atoms with Gasteiger partial charge in [0.1, 0.15) is 18.0 Å². The number of likely N-dealkylation sites (tertiary alicyclic amines) is 2. The van der Waals surface area contributed by atoms with Gasteiger partial charge in [0, 0.05) is 68.8 Å². The van der Waals surface area contributed by atoms with Crippen LogP contribution in [0.3, 0.4) is 0 Å². The lowest BCUT2D eigenvalue weighted by molar-refractivity contribution is -0.127. The number of anilines is 3. The molecule has 3 fully saturated rings. The predicted molar refractivity (Wildman–Crippen MR) is 143 cm³/mol. The maximum Gasteiger partial charge on any atom is 0.245 e. The Balaban J connectivity index is 1.21. The molecule has 2 aromatic heterocycles. The molecule has 2 aromatic rings. The molecule has 198 valence electrons. The van der Waals surface area contributed by atoms with Gasteiger partial charge in [-0.15, -0.1) is 0 Å². The molecular weight excluding hydrogens is 482 g/mol. The van der Waals surface area contributed by atoms with Gasteiger partial charge >= 0.3 is 0 Å². The van der Waals surface area contributed by atoms with Crippen LogP contribution < -0.4 is 15.0 Å². The van der Waals surface area contributed by atoms with Crippen LogP contribution in [0.1, 0.15) is 48.7 Å². The fourth-order valence-corrected chi connectivity index (χ4v) is 6.04. The average molecular weight is 516 g/mol. The van der Waals surface area contributed by atoms with Crippen LogP contribution in [-0.2, 0) is 9.53 Å². The van der Waals surface area contributed by atoms with Gasteiger partial charge < -0.3 is 24.6 Å². The Hall–Kier alpha value is -3.68. The van der Waals surface area contributed by atoms with Crippen molar-refractivity contribution in [1.82, 2.24) is 19.8 Å². The molecule has 0 unspecified atom stereocenters. The summed E-state index contributed by atoms with van der Waals surface area (Å²) in [5.41, 5.74) is 3.98. The quantitative estimate of drug-likeness (QED) is 0.615. The van der Waals surface area contributed by atoms with Crippen molar-refractivity contribution in [2.24, 2.45) is 0 Å². The van der Waals surface area contributed by atoms with Gasteiger partial charge in [-0.3, -0.25) is 9.69 Å². The van der Waals surface area contributed by atoms with Gasteiger partial charge in [-0.25, -0.2) is 9.97 Å². The Morgan fingerprint density at radius 1 is 1.24 bits per heavy atom. The molecule has 10 heteroatoms. The second-order valence-electron chi connectivity index (χ2n) is 10.4. The number of amides is 1. The summed E-state index contributed by atoms with van der Waals surface area (Å²) in [5, 5.41) is 13.5. The number of morpholine rings is 1. The first-order valence-corrected chi connectivity index (χ1v) is 13.4. The highest BCUT2D eigenvalue weighted by Gasteiger charge is 2.37. The minimum Gasteiger partial charge on any atom is -0.481 e. The lowest BCUT2D eigenvalue weighted by Crippen LogP contribution is -2.54. The highest BCUT2D eigenvalue weighted by Crippen LogP contribution is 2.44. The van der Waals surface area contributed by atoms with E-state index in [1.54, 1.807) is 0 Å². The van der Waals surface area contributed by atoms with Gasteiger partial charge in [0.2, 0.25) is 5.91 Å². The maximum atomic E-state index is 11.9. The SMILES string of the molecule is C=CC(=O)N1CCC(N2CC(c3cc4c(c(C#N)n3)O[C@@H](C)c3c(N5CCOCC5)ccnc3N4)C2)CC1. The Labute approximate surface area is 222 Å². The molecular formula is C28H33N7O3. The molecule has 6 rings (SSSR count). The number of fused-ring (bicyclic) bond motifs is 2. The number of carbonyl (C=O) groups excluding carboxylic acids is 1. The van der Waals surface area contributed by atoms with Crippen LogP contribution in [0.25, 0.3) is 0 Å². The topological polar surface area (TPSA) is 107 Å². The van der Waals surface area contributed by atoms with E-state index in [4.69, 9.17) is 14.5 Å². The summed E-state index contributed by atoms with van der Waals surface area (Å²) in [7, 11) is 0. The van der Waals surface area contributed by atoms with Crippen LogP contribution in [-0.4, -0.2) is 84.2 Å². The number of aromatic nitrogens is 2. The van der Waals surface area contributed by atoms with Gasteiger partial charge in [0.15, 0.2) is 11.4 Å². The summed E-state index contributed by atoms with van der Waals surface area (Å²) in [6, 6.07) is 6.78. The fraction of sp³-hybridized carbons (Fsp3) is 0.500. The maximum absolute atomic E-state index is 11.9. The number of nitriles is 1. The van der Waals surface area contributed by atoms with Crippen LogP contribution in [0, 0.1) is 11.3 Å². The van der Waals surface area contributed by atoms with E-state index in [-0.39, 0.29) is 17.9 Å². The van der Waals surface area contributed by atoms with Gasteiger partial charge in [0.25, 0.3) is 0 Å². The van der Waals surface area contributed by atoms with Crippen molar-refractivity contribution in [2.45, 2.75) is 37.8 Å². The smallest absolute Gasteiger partial charge is 0.245 e. The van der Waals surface area contributed by atoms with Crippen molar-refractivity contribution >= 4 is 23.1 Å². The number of piperidine rings is 1. The first-order chi connectivity index (χ1) is 18.6. The molecule has 4 aliphatic heterocycles. The minimum absolute atomic E-state index is 0.0142. The van der Waals surface area contributed by atoms with Gasteiger partial charge in [-0.2, -0.15) is 5.26 Å². The third-order valence-corrected chi connectivity index (χ3v) is 8.17. The third kappa shape index (κ3) is 4.46. The van der Waals surface area contributed by atoms with E-state index < -0.39 is 0 Å². The Morgan fingerprint density at radius 2 is 2.00 bits per heavy atom. The number of carbonyl (C=O) groups is 1. The largest absolute Gasteiger partial charge is 0.481 e. The zero-order chi connectivity index (χ0) is 26.2. The highest BCUT2D eigenvalue weighted by molar-refractivity contribution is 5.87. The highest BCUT2D eigenvalue weighted by atomic mass is 16.5. The Bertz CT molecular complexity index is 1270. The minimum atomic E-state index is -0.303. The predicted octanol–water partition coefficient (Wildman–Crippen LogP) is 2.96. The molecule has 10 nitrogen and oxygen atoms in total. The fourth-order valence-electron chi connectivity index (χ4n) is 6.04. The van der Waals surface area contributed by atoms with E-state index in [0.29, 0.717) is 30.7 Å². The van der Waals surface area contributed by atoms with Crippen LogP contribution in [0.15, 0.2) is 31.0 Å². The van der Waals surface area contributed by atoms with Crippen molar-refractivity contribution in [1.29, 1.82) is 5.26 Å². The average Bonchev–Trinajstić information content (AvgIpc) is 3.08. The Morgan fingerprint density at radius 3 is 2.71 bits per heavy atom. The number of nitrogens with one attached hydrogen (secondary N) is 1. The van der Waals surface area contributed by atoms with E-state index >= 15 is 0 Å². The number of ether oxygens (including phenoxy) is 2. The number of nitrogens with zero attached hydrogens (tertiary/aromatic N) is 6. The lowest BCUT2D eigenvalue weighted by atomic mass is 9.90. The van der Waals surface area contributed by atoms with E-state index in [0.717, 1.165) is 80.6 Å². The zero-order valence-electron chi connectivity index (χ0n) is 21.7. The number of hydrogen-bond donors (Lipinski definition) is 1. The van der Waals surface area contributed by atoms with Crippen LogP contribution in [0.2, 0.25) is 0 Å². The molecule has 0 aromatic carbocycles. The van der Waals surface area contributed by atoms with Crippen molar-refractivity contribution in [3.8, 4) is 11.8 Å². The molecule has 0 aliphatic carbocycles. The summed E-state index contributed by atoms with van der Waals surface area (Å²) in [6.07, 6.45) is 4.85. The van der Waals surface area contributed by atoms with Crippen molar-refractivity contribution in [3.05, 3.63) is 47.9 Å². The van der Waals surface area contributed by atoms with E-state index in [2.05, 4.69) is 32.7 Å². The van der Waals surface area contributed by atoms with E-state index in [1.165, 1.54) is 6.08 Å². The monoisotopic (exact) mass is 515 g/mol. The lowest BCUT2D eigenvalue weighted by Gasteiger charge is -2.47. The van der Waals surface area contributed by atoms with Crippen molar-refractivity contribution < 1.29 is 14.3 Å². The molecule has 1 atom stereocenters. The van der Waals surface area contributed by atoms with Crippen LogP contribution >= 0.6 is 0 Å². The normalized spacial score (nSPS) is 22.2. The second kappa shape index (κ2) is 10.2. The van der Waals surface area contributed by atoms with Gasteiger partial charge in [0.05, 0.1) is 24.5 Å². The number of rotatable bonds is 4. The first kappa shape index (κ1) is 24.6. The first-order valence-electron chi connectivity index (χ1n) is 13.4. The van der Waals surface area contributed by atoms with Crippen molar-refractivity contribution in [3.63, 3.8) is 0 Å². The van der Waals surface area contributed by atoms with Crippen LogP contribution in [0.5, 0.6) is 5.75 Å². The molecule has 0 radical (unpaired) electrons. The summed E-state index contributed by atoms with van der Waals surface area (Å²) in [4.78, 5) is 27.9. The third-order valence-electron chi connectivity index (χ3n) is 8.17. The Kier molecular flexibility index (Phi) is 6.64.